The van der Waals surface area contributed by atoms with E-state index in [1.165, 1.54) is 4.68 Å². The molecule has 0 spiro atoms. The van der Waals surface area contributed by atoms with Crippen LogP contribution in [-0.2, 0) is 7.05 Å². The maximum Gasteiger partial charge on any atom is 0.282 e. The number of nitrogens with zero attached hydrogens (tertiary/aromatic N) is 7. The molecular formula is C19H13F2N7O. The molecule has 0 atom stereocenters. The second-order valence-corrected chi connectivity index (χ2v) is 6.27. The van der Waals surface area contributed by atoms with Crippen molar-refractivity contribution in [3.05, 3.63) is 60.7 Å². The number of benzene rings is 1. The molecule has 0 aliphatic rings. The molecule has 4 heterocycles. The number of halogens is 2. The topological polar surface area (TPSA) is 87.5 Å². The zero-order chi connectivity index (χ0) is 20.0. The molecule has 5 rings (SSSR count). The molecule has 0 unspecified atom stereocenters. The van der Waals surface area contributed by atoms with Gasteiger partial charge in [0.1, 0.15) is 5.69 Å². The lowest BCUT2D eigenvalue weighted by Crippen LogP contribution is -2.00. The highest BCUT2D eigenvalue weighted by molar-refractivity contribution is 5.95. The van der Waals surface area contributed by atoms with Gasteiger partial charge in [0.05, 0.1) is 28.0 Å². The minimum absolute atomic E-state index is 0.107. The average molecular weight is 393 g/mol. The second-order valence-electron chi connectivity index (χ2n) is 6.27. The van der Waals surface area contributed by atoms with E-state index < -0.39 is 12.1 Å². The van der Waals surface area contributed by atoms with Gasteiger partial charge in [-0.25, -0.2) is 18.4 Å². The molecule has 8 nitrogen and oxygen atoms in total. The molecule has 10 heteroatoms. The van der Waals surface area contributed by atoms with Crippen LogP contribution in [0.15, 0.2) is 59.5 Å². The van der Waals surface area contributed by atoms with Crippen LogP contribution in [0.1, 0.15) is 12.1 Å². The number of hydrogen-bond donors (Lipinski definition) is 0. The summed E-state index contributed by atoms with van der Waals surface area (Å²) in [6, 6.07) is 12.4. The highest BCUT2D eigenvalue weighted by atomic mass is 19.3. The van der Waals surface area contributed by atoms with Crippen molar-refractivity contribution in [2.24, 2.45) is 7.05 Å². The molecule has 5 aromatic rings. The molecule has 0 fully saturated rings. The van der Waals surface area contributed by atoms with E-state index in [1.807, 2.05) is 6.07 Å². The zero-order valence-corrected chi connectivity index (χ0v) is 15.1. The van der Waals surface area contributed by atoms with E-state index in [2.05, 4.69) is 25.4 Å². The number of fused-ring (bicyclic) bond motifs is 1. The Kier molecular flexibility index (Phi) is 3.90. The standard InChI is InChI=1S/C19H13F2N7O/c1-27-14(7-8-23-27)13-9-12(19-25-22-10-29-19)15-16(17(20)21)26-28(18(15)24-13)11-5-3-2-4-6-11/h2-10,17H,1H3. The Hall–Kier alpha value is -3.95. The number of para-hydroxylation sites is 1. The van der Waals surface area contributed by atoms with Crippen molar-refractivity contribution in [1.82, 2.24) is 34.7 Å². The average Bonchev–Trinajstić information content (AvgIpc) is 3.47. The number of hydrogen-bond acceptors (Lipinski definition) is 6. The first kappa shape index (κ1) is 17.2. The molecule has 0 N–H and O–H groups in total. The predicted molar refractivity (Wildman–Crippen MR) is 99.3 cm³/mol. The molecule has 29 heavy (non-hydrogen) atoms. The first-order valence-corrected chi connectivity index (χ1v) is 8.65. The maximum atomic E-state index is 13.9. The van der Waals surface area contributed by atoms with Crippen molar-refractivity contribution >= 4 is 11.0 Å². The fourth-order valence-electron chi connectivity index (χ4n) is 3.26. The van der Waals surface area contributed by atoms with Gasteiger partial charge >= 0.3 is 0 Å². The van der Waals surface area contributed by atoms with Crippen LogP contribution in [0.25, 0.3) is 39.6 Å². The molecule has 0 saturated carbocycles. The third-order valence-electron chi connectivity index (χ3n) is 4.55. The van der Waals surface area contributed by atoms with Crippen LogP contribution in [-0.4, -0.2) is 34.7 Å². The minimum Gasteiger partial charge on any atom is -0.423 e. The summed E-state index contributed by atoms with van der Waals surface area (Å²) in [7, 11) is 1.77. The molecule has 4 aromatic heterocycles. The number of aryl methyl sites for hydroxylation is 1. The van der Waals surface area contributed by atoms with Crippen molar-refractivity contribution < 1.29 is 13.2 Å². The molecule has 0 aliphatic carbocycles. The van der Waals surface area contributed by atoms with Gasteiger partial charge in [-0.3, -0.25) is 4.68 Å². The Morgan fingerprint density at radius 3 is 2.59 bits per heavy atom. The monoisotopic (exact) mass is 393 g/mol. The summed E-state index contributed by atoms with van der Waals surface area (Å²) < 4.78 is 36.2. The van der Waals surface area contributed by atoms with Crippen LogP contribution in [0.4, 0.5) is 8.78 Å². The van der Waals surface area contributed by atoms with Crippen molar-refractivity contribution in [2.45, 2.75) is 6.43 Å². The summed E-state index contributed by atoms with van der Waals surface area (Å²) in [6.07, 6.45) is -0.0322. The van der Waals surface area contributed by atoms with Gasteiger partial charge in [0.2, 0.25) is 12.3 Å². The Balaban J connectivity index is 1.91. The fraction of sp³-hybridized carbons (Fsp3) is 0.105. The molecule has 0 radical (unpaired) electrons. The van der Waals surface area contributed by atoms with Crippen LogP contribution in [0.3, 0.4) is 0 Å². The SMILES string of the molecule is Cn1nccc1-c1cc(-c2nnco2)c2c(C(F)F)nn(-c3ccccc3)c2n1. The number of rotatable bonds is 4. The van der Waals surface area contributed by atoms with E-state index >= 15 is 0 Å². The first-order chi connectivity index (χ1) is 14.1. The maximum absolute atomic E-state index is 13.9. The molecule has 0 saturated heterocycles. The van der Waals surface area contributed by atoms with Gasteiger partial charge < -0.3 is 4.42 Å². The number of pyridine rings is 1. The number of aromatic nitrogens is 7. The van der Waals surface area contributed by atoms with Gasteiger partial charge in [-0.1, -0.05) is 18.2 Å². The lowest BCUT2D eigenvalue weighted by Gasteiger charge is -2.07. The summed E-state index contributed by atoms with van der Waals surface area (Å²) in [6.45, 7) is 0. The van der Waals surface area contributed by atoms with Gasteiger partial charge in [-0.05, 0) is 24.3 Å². The van der Waals surface area contributed by atoms with Crippen LogP contribution < -0.4 is 0 Å². The van der Waals surface area contributed by atoms with Crippen LogP contribution in [0.5, 0.6) is 0 Å². The van der Waals surface area contributed by atoms with Crippen molar-refractivity contribution in [1.29, 1.82) is 0 Å². The molecule has 144 valence electrons. The van der Waals surface area contributed by atoms with E-state index in [9.17, 15) is 8.78 Å². The predicted octanol–water partition coefficient (Wildman–Crippen LogP) is 3.81. The van der Waals surface area contributed by atoms with Gasteiger partial charge in [0.15, 0.2) is 5.65 Å². The van der Waals surface area contributed by atoms with E-state index in [4.69, 9.17) is 4.42 Å². The lowest BCUT2D eigenvalue weighted by molar-refractivity contribution is 0.147. The van der Waals surface area contributed by atoms with E-state index in [1.54, 1.807) is 54.3 Å². The van der Waals surface area contributed by atoms with Gasteiger partial charge in [0.25, 0.3) is 6.43 Å². The normalized spacial score (nSPS) is 11.6. The molecule has 1 aromatic carbocycles. The van der Waals surface area contributed by atoms with Gasteiger partial charge in [-0.15, -0.1) is 10.2 Å². The minimum atomic E-state index is -2.81. The van der Waals surface area contributed by atoms with Crippen LogP contribution in [0, 0.1) is 0 Å². The summed E-state index contributed by atoms with van der Waals surface area (Å²) in [5.41, 5.74) is 2.02. The third-order valence-corrected chi connectivity index (χ3v) is 4.55. The largest absolute Gasteiger partial charge is 0.423 e. The summed E-state index contributed by atoms with van der Waals surface area (Å²) in [5.74, 6) is 0.107. The summed E-state index contributed by atoms with van der Waals surface area (Å²) >= 11 is 0. The Bertz CT molecular complexity index is 1290. The first-order valence-electron chi connectivity index (χ1n) is 8.65. The van der Waals surface area contributed by atoms with E-state index in [-0.39, 0.29) is 16.9 Å². The Morgan fingerprint density at radius 2 is 1.93 bits per heavy atom. The molecule has 0 aliphatic heterocycles. The Labute approximate surface area is 162 Å². The van der Waals surface area contributed by atoms with Crippen molar-refractivity contribution in [3.63, 3.8) is 0 Å². The van der Waals surface area contributed by atoms with Gasteiger partial charge in [0, 0.05) is 13.2 Å². The van der Waals surface area contributed by atoms with Gasteiger partial charge in [-0.2, -0.15) is 10.2 Å². The van der Waals surface area contributed by atoms with Crippen molar-refractivity contribution in [2.75, 3.05) is 0 Å². The molecule has 0 amide bonds. The van der Waals surface area contributed by atoms with Crippen LogP contribution in [0.2, 0.25) is 0 Å². The zero-order valence-electron chi connectivity index (χ0n) is 15.1. The van der Waals surface area contributed by atoms with Crippen molar-refractivity contribution in [3.8, 4) is 28.5 Å². The quantitative estimate of drug-likeness (QED) is 0.461. The Morgan fingerprint density at radius 1 is 1.10 bits per heavy atom. The highest BCUT2D eigenvalue weighted by Crippen LogP contribution is 2.37. The second kappa shape index (κ2) is 6.59. The fourth-order valence-corrected chi connectivity index (χ4v) is 3.26. The smallest absolute Gasteiger partial charge is 0.282 e. The van der Waals surface area contributed by atoms with E-state index in [0.717, 1.165) is 6.39 Å². The summed E-state index contributed by atoms with van der Waals surface area (Å²) in [5, 5.41) is 16.1. The third kappa shape index (κ3) is 2.76. The molecular weight excluding hydrogens is 380 g/mol. The number of alkyl halides is 2. The van der Waals surface area contributed by atoms with Crippen LogP contribution >= 0.6 is 0 Å². The highest BCUT2D eigenvalue weighted by Gasteiger charge is 2.26. The molecule has 0 bridgehead atoms. The van der Waals surface area contributed by atoms with E-state index in [0.29, 0.717) is 22.6 Å². The summed E-state index contributed by atoms with van der Waals surface area (Å²) in [4.78, 5) is 4.64. The lowest BCUT2D eigenvalue weighted by atomic mass is 10.1.